The van der Waals surface area contributed by atoms with E-state index in [1.54, 1.807) is 30.9 Å². The van der Waals surface area contributed by atoms with Crippen molar-refractivity contribution in [3.63, 3.8) is 0 Å². The minimum Gasteiger partial charge on any atom is -0.368 e. The second kappa shape index (κ2) is 8.90. The van der Waals surface area contributed by atoms with Crippen LogP contribution in [0.25, 0.3) is 0 Å². The van der Waals surface area contributed by atoms with Crippen LogP contribution in [-0.2, 0) is 13.0 Å². The summed E-state index contributed by atoms with van der Waals surface area (Å²) in [5.74, 6) is 0.897. The minimum absolute atomic E-state index is 0.00232. The van der Waals surface area contributed by atoms with Crippen molar-refractivity contribution in [3.8, 4) is 0 Å². The molecule has 1 N–H and O–H groups in total. The molecule has 1 unspecified atom stereocenters. The fourth-order valence-corrected chi connectivity index (χ4v) is 3.44. The van der Waals surface area contributed by atoms with Crippen molar-refractivity contribution in [1.29, 1.82) is 0 Å². The molecule has 27 heavy (non-hydrogen) atoms. The highest BCUT2D eigenvalue weighted by Gasteiger charge is 2.25. The van der Waals surface area contributed by atoms with Crippen LogP contribution in [0.4, 0.5) is 5.82 Å². The number of likely N-dealkylation sites (N-methyl/N-ethyl adjacent to an activating group) is 1. The van der Waals surface area contributed by atoms with Crippen LogP contribution in [0.2, 0.25) is 0 Å². The number of amides is 1. The third-order valence-corrected chi connectivity index (χ3v) is 5.06. The zero-order valence-corrected chi connectivity index (χ0v) is 16.4. The summed E-state index contributed by atoms with van der Waals surface area (Å²) in [6.45, 7) is 4.22. The number of carbonyl (C=O) groups excluding carboxylic acids is 1. The lowest BCUT2D eigenvalue weighted by atomic mass is 10.0. The molecule has 3 heterocycles. The summed E-state index contributed by atoms with van der Waals surface area (Å²) in [6, 6.07) is 4.05. The lowest BCUT2D eigenvalue weighted by molar-refractivity contribution is 0.0731. The van der Waals surface area contributed by atoms with Gasteiger partial charge in [-0.15, -0.1) is 0 Å². The summed E-state index contributed by atoms with van der Waals surface area (Å²) in [5, 5.41) is 3.51. The molecule has 7 heteroatoms. The molecule has 0 saturated carbocycles. The molecule has 0 saturated heterocycles. The molecule has 0 bridgehead atoms. The van der Waals surface area contributed by atoms with Gasteiger partial charge < -0.3 is 15.1 Å². The van der Waals surface area contributed by atoms with Crippen LogP contribution in [0.3, 0.4) is 0 Å². The number of aromatic nitrogens is 3. The smallest absolute Gasteiger partial charge is 0.255 e. The van der Waals surface area contributed by atoms with Gasteiger partial charge in [0.25, 0.3) is 5.91 Å². The molecule has 1 aliphatic heterocycles. The molecule has 0 spiro atoms. The van der Waals surface area contributed by atoms with E-state index in [0.29, 0.717) is 24.7 Å². The Labute approximate surface area is 160 Å². The molecule has 144 valence electrons. The van der Waals surface area contributed by atoms with Crippen LogP contribution in [0.15, 0.2) is 30.9 Å². The molecule has 0 fully saturated rings. The Morgan fingerprint density at radius 3 is 2.93 bits per heavy atom. The largest absolute Gasteiger partial charge is 0.368 e. The van der Waals surface area contributed by atoms with Gasteiger partial charge in [0.2, 0.25) is 0 Å². The van der Waals surface area contributed by atoms with Crippen molar-refractivity contribution in [2.75, 3.05) is 32.5 Å². The van der Waals surface area contributed by atoms with E-state index in [0.717, 1.165) is 42.9 Å². The molecule has 2 aromatic rings. The Kier molecular flexibility index (Phi) is 6.34. The first-order chi connectivity index (χ1) is 13.1. The molecular weight excluding hydrogens is 340 g/mol. The van der Waals surface area contributed by atoms with E-state index in [9.17, 15) is 4.79 Å². The number of nitrogens with one attached hydrogen (secondary N) is 1. The lowest BCUT2D eigenvalue weighted by Gasteiger charge is -2.30. The highest BCUT2D eigenvalue weighted by molar-refractivity contribution is 5.94. The second-order valence-corrected chi connectivity index (χ2v) is 7.15. The van der Waals surface area contributed by atoms with Gasteiger partial charge in [-0.2, -0.15) is 0 Å². The molecule has 1 amide bonds. The van der Waals surface area contributed by atoms with Crippen molar-refractivity contribution >= 4 is 11.7 Å². The Bertz CT molecular complexity index is 764. The Morgan fingerprint density at radius 1 is 1.37 bits per heavy atom. The first kappa shape index (κ1) is 19.2. The van der Waals surface area contributed by atoms with Gasteiger partial charge in [-0.3, -0.25) is 9.78 Å². The monoisotopic (exact) mass is 368 g/mol. The maximum absolute atomic E-state index is 12.7. The zero-order valence-electron chi connectivity index (χ0n) is 16.4. The molecule has 0 aromatic carbocycles. The number of hydrogen-bond donors (Lipinski definition) is 1. The third kappa shape index (κ3) is 4.60. The normalized spacial score (nSPS) is 14.7. The van der Waals surface area contributed by atoms with E-state index < -0.39 is 0 Å². The lowest BCUT2D eigenvalue weighted by Crippen LogP contribution is -2.38. The van der Waals surface area contributed by atoms with Crippen molar-refractivity contribution in [3.05, 3.63) is 47.7 Å². The Morgan fingerprint density at radius 2 is 2.22 bits per heavy atom. The highest BCUT2D eigenvalue weighted by atomic mass is 16.2. The molecule has 2 aromatic heterocycles. The number of pyridine rings is 1. The fraction of sp³-hybridized carbons (Fsp3) is 0.500. The van der Waals surface area contributed by atoms with E-state index in [1.807, 2.05) is 4.90 Å². The summed E-state index contributed by atoms with van der Waals surface area (Å²) in [5.41, 5.74) is 2.66. The van der Waals surface area contributed by atoms with Gasteiger partial charge in [-0.1, -0.05) is 13.3 Å². The van der Waals surface area contributed by atoms with Gasteiger partial charge in [0.05, 0.1) is 17.8 Å². The Balaban J connectivity index is 1.70. The molecule has 1 atom stereocenters. The maximum atomic E-state index is 12.7. The molecule has 3 rings (SSSR count). The summed E-state index contributed by atoms with van der Waals surface area (Å²) >= 11 is 0. The van der Waals surface area contributed by atoms with Crippen LogP contribution in [0.1, 0.15) is 41.4 Å². The first-order valence-electron chi connectivity index (χ1n) is 9.52. The predicted octanol–water partition coefficient (Wildman–Crippen LogP) is 2.21. The van der Waals surface area contributed by atoms with Crippen molar-refractivity contribution in [2.45, 2.75) is 38.8 Å². The van der Waals surface area contributed by atoms with Crippen LogP contribution < -0.4 is 5.32 Å². The van der Waals surface area contributed by atoms with Gasteiger partial charge in [0.15, 0.2) is 0 Å². The number of nitrogens with zero attached hydrogens (tertiary/aromatic N) is 5. The average molecular weight is 368 g/mol. The van der Waals surface area contributed by atoms with Crippen molar-refractivity contribution in [1.82, 2.24) is 24.8 Å². The molecule has 1 aliphatic rings. The zero-order chi connectivity index (χ0) is 19.2. The summed E-state index contributed by atoms with van der Waals surface area (Å²) in [7, 11) is 4.22. The van der Waals surface area contributed by atoms with E-state index in [4.69, 9.17) is 0 Å². The predicted molar refractivity (Wildman–Crippen MR) is 106 cm³/mol. The second-order valence-electron chi connectivity index (χ2n) is 7.15. The molecular formula is C20H28N6O. The first-order valence-corrected chi connectivity index (χ1v) is 9.52. The molecule has 0 radical (unpaired) electrons. The van der Waals surface area contributed by atoms with Gasteiger partial charge in [-0.05, 0) is 39.1 Å². The maximum Gasteiger partial charge on any atom is 0.255 e. The van der Waals surface area contributed by atoms with E-state index in [1.165, 1.54) is 0 Å². The molecule has 7 nitrogen and oxygen atoms in total. The van der Waals surface area contributed by atoms with Crippen molar-refractivity contribution in [2.24, 2.45) is 0 Å². The van der Waals surface area contributed by atoms with Crippen LogP contribution in [0.5, 0.6) is 0 Å². The SMILES string of the molecule is CCCC(CNc1ncnc2c1CCN(C(=O)c1cccnc1)C2)N(C)C. The van der Waals surface area contributed by atoms with Crippen molar-refractivity contribution < 1.29 is 4.79 Å². The third-order valence-electron chi connectivity index (χ3n) is 5.06. The van der Waals surface area contributed by atoms with Crippen LogP contribution in [-0.4, -0.2) is 63.9 Å². The number of anilines is 1. The van der Waals surface area contributed by atoms with Gasteiger partial charge in [-0.25, -0.2) is 9.97 Å². The molecule has 0 aliphatic carbocycles. The summed E-state index contributed by atoms with van der Waals surface area (Å²) in [4.78, 5) is 29.7. The van der Waals surface area contributed by atoms with Gasteiger partial charge >= 0.3 is 0 Å². The fourth-order valence-electron chi connectivity index (χ4n) is 3.44. The van der Waals surface area contributed by atoms with E-state index in [-0.39, 0.29) is 5.91 Å². The van der Waals surface area contributed by atoms with Gasteiger partial charge in [0, 0.05) is 37.1 Å². The number of carbonyl (C=O) groups is 1. The van der Waals surface area contributed by atoms with Crippen LogP contribution in [0, 0.1) is 0 Å². The quantitative estimate of drug-likeness (QED) is 0.808. The highest BCUT2D eigenvalue weighted by Crippen LogP contribution is 2.24. The Hall–Kier alpha value is -2.54. The number of rotatable bonds is 7. The number of fused-ring (bicyclic) bond motifs is 1. The summed E-state index contributed by atoms with van der Waals surface area (Å²) in [6.07, 6.45) is 7.92. The van der Waals surface area contributed by atoms with E-state index in [2.05, 4.69) is 46.2 Å². The topological polar surface area (TPSA) is 74.2 Å². The van der Waals surface area contributed by atoms with Crippen LogP contribution >= 0.6 is 0 Å². The van der Waals surface area contributed by atoms with Gasteiger partial charge in [0.1, 0.15) is 12.1 Å². The standard InChI is InChI=1S/C20H28N6O/c1-4-6-16(25(2)3)12-22-19-17-8-10-26(13-18(17)23-14-24-19)20(27)15-7-5-9-21-11-15/h5,7,9,11,14,16H,4,6,8,10,12-13H2,1-3H3,(H,22,23,24). The minimum atomic E-state index is -0.00232. The number of hydrogen-bond acceptors (Lipinski definition) is 6. The summed E-state index contributed by atoms with van der Waals surface area (Å²) < 4.78 is 0. The average Bonchev–Trinajstić information content (AvgIpc) is 2.70. The van der Waals surface area contributed by atoms with E-state index >= 15 is 0 Å².